The van der Waals surface area contributed by atoms with E-state index in [1.165, 1.54) is 0 Å². The lowest BCUT2D eigenvalue weighted by Crippen LogP contribution is -2.29. The van der Waals surface area contributed by atoms with Gasteiger partial charge in [0.2, 0.25) is 5.91 Å². The molecule has 0 bridgehead atoms. The Balaban J connectivity index is 1.67. The molecule has 2 atom stereocenters. The predicted octanol–water partition coefficient (Wildman–Crippen LogP) is 6.69. The van der Waals surface area contributed by atoms with Crippen molar-refractivity contribution in [1.82, 2.24) is 14.9 Å². The van der Waals surface area contributed by atoms with Crippen molar-refractivity contribution in [2.75, 3.05) is 24.4 Å². The number of pyridine rings is 1. The Labute approximate surface area is 250 Å². The zero-order chi connectivity index (χ0) is 29.3. The molecule has 2 N–H and O–H groups in total. The molecule has 0 saturated carbocycles. The van der Waals surface area contributed by atoms with E-state index in [1.807, 2.05) is 61.5 Å². The molecule has 0 spiro atoms. The zero-order valence-electron chi connectivity index (χ0n) is 23.6. The molecule has 3 heterocycles. The third-order valence-electron chi connectivity index (χ3n) is 7.33. The number of nitrogens with one attached hydrogen (secondary N) is 2. The number of carbonyl (C=O) groups is 1. The molecule has 41 heavy (non-hydrogen) atoms. The van der Waals surface area contributed by atoms with E-state index in [9.17, 15) is 4.79 Å². The van der Waals surface area contributed by atoms with E-state index in [1.54, 1.807) is 20.4 Å². The summed E-state index contributed by atoms with van der Waals surface area (Å²) in [5.41, 5.74) is 6.25. The molecule has 0 radical (unpaired) electrons. The van der Waals surface area contributed by atoms with Gasteiger partial charge >= 0.3 is 0 Å². The molecule has 2 aromatic carbocycles. The van der Waals surface area contributed by atoms with E-state index in [-0.39, 0.29) is 18.0 Å². The van der Waals surface area contributed by atoms with Crippen LogP contribution in [0.5, 0.6) is 11.5 Å². The highest BCUT2D eigenvalue weighted by atomic mass is 35.5. The lowest BCUT2D eigenvalue weighted by Gasteiger charge is -2.29. The molecular formula is C31H32ClN5O3S. The summed E-state index contributed by atoms with van der Waals surface area (Å²) >= 11 is 12.4. The first-order valence-corrected chi connectivity index (χ1v) is 14.1. The first kappa shape index (κ1) is 28.4. The molecule has 1 aliphatic rings. The Morgan fingerprint density at radius 3 is 2.54 bits per heavy atom. The number of nitrogens with zero attached hydrogens (tertiary/aromatic N) is 3. The summed E-state index contributed by atoms with van der Waals surface area (Å²) in [6.45, 7) is 5.95. The van der Waals surface area contributed by atoms with Crippen LogP contribution in [0.2, 0.25) is 5.02 Å². The molecule has 4 aromatic rings. The summed E-state index contributed by atoms with van der Waals surface area (Å²) in [6, 6.07) is 18.8. The Bertz CT molecular complexity index is 1610. The second kappa shape index (κ2) is 11.8. The smallest absolute Gasteiger partial charge is 0.224 e. The second-order valence-corrected chi connectivity index (χ2v) is 10.6. The normalized spacial score (nSPS) is 16.4. The number of thiocarbonyl (C=S) groups is 1. The number of rotatable bonds is 8. The number of benzene rings is 2. The van der Waals surface area contributed by atoms with Crippen LogP contribution >= 0.6 is 23.8 Å². The van der Waals surface area contributed by atoms with Gasteiger partial charge in [-0.15, -0.1) is 0 Å². The van der Waals surface area contributed by atoms with Gasteiger partial charge < -0.3 is 29.6 Å². The minimum absolute atomic E-state index is 0.0913. The summed E-state index contributed by atoms with van der Waals surface area (Å²) in [6.07, 6.45) is 2.15. The Hall–Kier alpha value is -4.08. The summed E-state index contributed by atoms with van der Waals surface area (Å²) < 4.78 is 13.5. The van der Waals surface area contributed by atoms with Gasteiger partial charge in [-0.1, -0.05) is 24.6 Å². The van der Waals surface area contributed by atoms with Crippen LogP contribution in [0.3, 0.4) is 0 Å². The topological polar surface area (TPSA) is 80.7 Å². The Morgan fingerprint density at radius 2 is 1.85 bits per heavy atom. The SMILES string of the molecule is CCC(=O)Nc1ccc(N2C(=S)N[C@H](c3ccccn3)[C@@H]2c2cc(C)n(-c3cc(Cl)ccc3OC)c2C)cc1OC. The largest absolute Gasteiger partial charge is 0.495 e. The fourth-order valence-electron chi connectivity index (χ4n) is 5.42. The maximum atomic E-state index is 12.1. The number of halogens is 1. The van der Waals surface area contributed by atoms with Gasteiger partial charge in [0.25, 0.3) is 0 Å². The van der Waals surface area contributed by atoms with Gasteiger partial charge in [-0.05, 0) is 80.2 Å². The lowest BCUT2D eigenvalue weighted by atomic mass is 9.96. The van der Waals surface area contributed by atoms with E-state index in [2.05, 4.69) is 45.0 Å². The summed E-state index contributed by atoms with van der Waals surface area (Å²) in [5.74, 6) is 1.17. The first-order valence-electron chi connectivity index (χ1n) is 13.3. The van der Waals surface area contributed by atoms with Gasteiger partial charge in [-0.25, -0.2) is 0 Å². The van der Waals surface area contributed by atoms with Gasteiger partial charge in [-0.2, -0.15) is 0 Å². The number of aromatic nitrogens is 2. The molecule has 2 aromatic heterocycles. The number of carbonyl (C=O) groups excluding carboxylic acids is 1. The van der Waals surface area contributed by atoms with Crippen LogP contribution in [0.4, 0.5) is 11.4 Å². The fourth-order valence-corrected chi connectivity index (χ4v) is 5.93. The zero-order valence-corrected chi connectivity index (χ0v) is 25.1. The molecule has 1 fully saturated rings. The highest BCUT2D eigenvalue weighted by molar-refractivity contribution is 7.80. The van der Waals surface area contributed by atoms with Crippen LogP contribution in [-0.2, 0) is 4.79 Å². The maximum Gasteiger partial charge on any atom is 0.224 e. The van der Waals surface area contributed by atoms with E-state index in [0.717, 1.165) is 39.8 Å². The molecule has 212 valence electrons. The molecule has 8 nitrogen and oxygen atoms in total. The third-order valence-corrected chi connectivity index (χ3v) is 7.88. The molecule has 1 amide bonds. The maximum absolute atomic E-state index is 12.1. The van der Waals surface area contributed by atoms with Crippen LogP contribution in [0.15, 0.2) is 66.9 Å². The van der Waals surface area contributed by atoms with E-state index in [4.69, 9.17) is 33.3 Å². The first-order chi connectivity index (χ1) is 19.8. The quantitative estimate of drug-likeness (QED) is 0.222. The number of hydrogen-bond donors (Lipinski definition) is 2. The lowest BCUT2D eigenvalue weighted by molar-refractivity contribution is -0.115. The van der Waals surface area contributed by atoms with Gasteiger partial charge in [0.05, 0.1) is 43.4 Å². The predicted molar refractivity (Wildman–Crippen MR) is 167 cm³/mol. The van der Waals surface area contributed by atoms with Crippen LogP contribution < -0.4 is 25.0 Å². The third kappa shape index (κ3) is 5.35. The average Bonchev–Trinajstić information content (AvgIpc) is 3.48. The van der Waals surface area contributed by atoms with Crippen molar-refractivity contribution >= 4 is 46.2 Å². The van der Waals surface area contributed by atoms with Crippen LogP contribution in [0.1, 0.15) is 48.1 Å². The van der Waals surface area contributed by atoms with Gasteiger partial charge in [0.15, 0.2) is 5.11 Å². The molecule has 5 rings (SSSR count). The molecule has 10 heteroatoms. The Kier molecular flexibility index (Phi) is 8.19. The minimum atomic E-state index is -0.247. The van der Waals surface area contributed by atoms with Crippen molar-refractivity contribution in [2.24, 2.45) is 0 Å². The molecule has 0 unspecified atom stereocenters. The van der Waals surface area contributed by atoms with Crippen molar-refractivity contribution in [3.63, 3.8) is 0 Å². The Morgan fingerprint density at radius 1 is 1.07 bits per heavy atom. The molecule has 0 aliphatic carbocycles. The number of aryl methyl sites for hydroxylation is 1. The van der Waals surface area contributed by atoms with Crippen molar-refractivity contribution in [2.45, 2.75) is 39.3 Å². The highest BCUT2D eigenvalue weighted by Gasteiger charge is 2.42. The standard InChI is InChI=1S/C31H32ClN5O3S/c1-6-28(38)34-23-12-11-21(17-27(23)40-5)37-30(29(35-31(37)41)24-9-7-8-14-33-24)22-15-18(2)36(19(22)3)25-16-20(32)10-13-26(25)39-4/h7-17,29-30H,6H2,1-5H3,(H,34,38)(H,35,41)/t29-,30+/m1/s1. The van der Waals surface area contributed by atoms with Crippen molar-refractivity contribution in [3.05, 3.63) is 94.5 Å². The van der Waals surface area contributed by atoms with E-state index >= 15 is 0 Å². The average molecular weight is 590 g/mol. The fraction of sp³-hybridized carbons (Fsp3) is 0.258. The monoisotopic (exact) mass is 589 g/mol. The number of anilines is 2. The summed E-state index contributed by atoms with van der Waals surface area (Å²) in [5, 5.41) is 7.60. The van der Waals surface area contributed by atoms with Gasteiger partial charge in [-0.3, -0.25) is 9.78 Å². The van der Waals surface area contributed by atoms with Gasteiger partial charge in [0.1, 0.15) is 11.5 Å². The van der Waals surface area contributed by atoms with Crippen LogP contribution in [0.25, 0.3) is 5.69 Å². The van der Waals surface area contributed by atoms with Crippen molar-refractivity contribution in [1.29, 1.82) is 0 Å². The number of ether oxygens (including phenoxy) is 2. The summed E-state index contributed by atoms with van der Waals surface area (Å²) in [7, 11) is 3.24. The van der Waals surface area contributed by atoms with Crippen molar-refractivity contribution in [3.8, 4) is 17.2 Å². The van der Waals surface area contributed by atoms with E-state index < -0.39 is 0 Å². The minimum Gasteiger partial charge on any atom is -0.495 e. The highest BCUT2D eigenvalue weighted by Crippen LogP contribution is 2.45. The second-order valence-electron chi connectivity index (χ2n) is 9.76. The van der Waals surface area contributed by atoms with Crippen molar-refractivity contribution < 1.29 is 14.3 Å². The molecular weight excluding hydrogens is 558 g/mol. The number of amides is 1. The summed E-state index contributed by atoms with van der Waals surface area (Å²) in [4.78, 5) is 18.9. The van der Waals surface area contributed by atoms with Crippen LogP contribution in [-0.4, -0.2) is 34.8 Å². The number of methoxy groups -OCH3 is 2. The number of hydrogen-bond acceptors (Lipinski definition) is 5. The van der Waals surface area contributed by atoms with Gasteiger partial charge in [0, 0.05) is 40.8 Å². The molecule has 1 aliphatic heterocycles. The van der Waals surface area contributed by atoms with E-state index in [0.29, 0.717) is 28.0 Å². The van der Waals surface area contributed by atoms with Crippen LogP contribution in [0, 0.1) is 13.8 Å². The molecule has 1 saturated heterocycles.